The van der Waals surface area contributed by atoms with E-state index in [9.17, 15) is 4.39 Å². The molecule has 53 valence electrons. The minimum atomic E-state index is -0.329. The average molecular weight is 129 g/mol. The summed E-state index contributed by atoms with van der Waals surface area (Å²) >= 11 is 0. The van der Waals surface area contributed by atoms with E-state index in [1.165, 1.54) is 0 Å². The number of rotatable bonds is 5. The lowest BCUT2D eigenvalue weighted by Gasteiger charge is -1.89. The molecule has 0 atom stereocenters. The Morgan fingerprint density at radius 3 is 2.56 bits per heavy atom. The van der Waals surface area contributed by atoms with Crippen LogP contribution < -0.4 is 0 Å². The van der Waals surface area contributed by atoms with Crippen LogP contribution in [0.1, 0.15) is 25.7 Å². The van der Waals surface area contributed by atoms with Crippen molar-refractivity contribution in [3.8, 4) is 0 Å². The molecule has 0 saturated heterocycles. The number of unbranched alkanes of at least 4 members (excludes halogenated alkanes) is 3. The van der Waals surface area contributed by atoms with Gasteiger partial charge in [0.2, 0.25) is 0 Å². The molecular formula is C8H14F. The Bertz CT molecular complexity index is 67.0. The minimum absolute atomic E-state index is 0.329. The summed E-state index contributed by atoms with van der Waals surface area (Å²) in [7, 11) is 0. The van der Waals surface area contributed by atoms with Gasteiger partial charge in [0, 0.05) is 0 Å². The Balaban J connectivity index is 2.82. The zero-order chi connectivity index (χ0) is 6.95. The van der Waals surface area contributed by atoms with E-state index in [1.54, 1.807) is 6.08 Å². The lowest BCUT2D eigenvalue weighted by molar-refractivity contribution is 0.560. The first kappa shape index (κ1) is 8.67. The lowest BCUT2D eigenvalue weighted by Crippen LogP contribution is -1.71. The van der Waals surface area contributed by atoms with Gasteiger partial charge in [-0.15, -0.1) is 0 Å². The molecule has 0 heterocycles. The van der Waals surface area contributed by atoms with Crippen LogP contribution in [0, 0.1) is 6.92 Å². The Morgan fingerprint density at radius 1 is 1.22 bits per heavy atom. The van der Waals surface area contributed by atoms with E-state index < -0.39 is 0 Å². The first-order chi connectivity index (χ1) is 4.41. The van der Waals surface area contributed by atoms with Crippen LogP contribution in [-0.4, -0.2) is 6.67 Å². The van der Waals surface area contributed by atoms with Crippen molar-refractivity contribution in [3.63, 3.8) is 0 Å². The molecule has 0 aliphatic carbocycles. The van der Waals surface area contributed by atoms with Gasteiger partial charge in [-0.1, -0.05) is 31.9 Å². The van der Waals surface area contributed by atoms with Gasteiger partial charge in [-0.3, -0.25) is 0 Å². The van der Waals surface area contributed by atoms with Gasteiger partial charge in [-0.25, -0.2) is 4.39 Å². The molecule has 0 nitrogen and oxygen atoms in total. The zero-order valence-corrected chi connectivity index (χ0v) is 5.78. The Kier molecular flexibility index (Phi) is 7.39. The molecule has 0 aromatic rings. The largest absolute Gasteiger partial charge is 0.247 e. The Hall–Kier alpha value is -0.330. The minimum Gasteiger partial charge on any atom is -0.247 e. The number of halogens is 1. The van der Waals surface area contributed by atoms with Crippen LogP contribution in [0.3, 0.4) is 0 Å². The smallest absolute Gasteiger partial charge is 0.108 e. The predicted octanol–water partition coefficient (Wildman–Crippen LogP) is 2.91. The molecule has 0 saturated carbocycles. The van der Waals surface area contributed by atoms with Gasteiger partial charge in [0.25, 0.3) is 0 Å². The molecule has 0 fully saturated rings. The van der Waals surface area contributed by atoms with Crippen molar-refractivity contribution in [1.82, 2.24) is 0 Å². The molecule has 9 heavy (non-hydrogen) atoms. The number of hydrogen-bond acceptors (Lipinski definition) is 0. The molecule has 1 radical (unpaired) electrons. The number of alkyl halides is 1. The van der Waals surface area contributed by atoms with Gasteiger partial charge < -0.3 is 0 Å². The highest BCUT2D eigenvalue weighted by atomic mass is 19.1. The molecule has 0 unspecified atom stereocenters. The highest BCUT2D eigenvalue weighted by Gasteiger charge is 1.79. The highest BCUT2D eigenvalue weighted by Crippen LogP contribution is 1.98. The molecule has 0 bridgehead atoms. The van der Waals surface area contributed by atoms with Gasteiger partial charge >= 0.3 is 0 Å². The molecule has 1 heteroatoms. The second-order valence-corrected chi connectivity index (χ2v) is 1.98. The quantitative estimate of drug-likeness (QED) is 0.395. The van der Waals surface area contributed by atoms with Crippen LogP contribution in [-0.2, 0) is 0 Å². The fourth-order valence-corrected chi connectivity index (χ4v) is 0.620. The third kappa shape index (κ3) is 7.67. The predicted molar refractivity (Wildman–Crippen MR) is 38.9 cm³/mol. The average Bonchev–Trinajstić information content (AvgIpc) is 1.89. The van der Waals surface area contributed by atoms with Crippen molar-refractivity contribution in [2.24, 2.45) is 0 Å². The van der Waals surface area contributed by atoms with Gasteiger partial charge in [0.1, 0.15) is 6.67 Å². The van der Waals surface area contributed by atoms with Crippen LogP contribution in [0.5, 0.6) is 0 Å². The maximum atomic E-state index is 11.4. The van der Waals surface area contributed by atoms with E-state index in [2.05, 4.69) is 6.92 Å². The topological polar surface area (TPSA) is 0 Å². The van der Waals surface area contributed by atoms with Gasteiger partial charge in [-0.2, -0.15) is 0 Å². The van der Waals surface area contributed by atoms with Crippen LogP contribution in [0.2, 0.25) is 0 Å². The Labute approximate surface area is 56.8 Å². The van der Waals surface area contributed by atoms with Gasteiger partial charge in [-0.05, 0) is 12.8 Å². The van der Waals surface area contributed by atoms with Gasteiger partial charge in [0.05, 0.1) is 0 Å². The molecule has 0 aliphatic heterocycles. The summed E-state index contributed by atoms with van der Waals surface area (Å²) in [6.07, 6.45) is 7.72. The standard InChI is InChI=1S/C8H14F/c1-2-3-4-5-6-7-8-9/h6-7H,1-5,8H2. The summed E-state index contributed by atoms with van der Waals surface area (Å²) < 4.78 is 11.4. The third-order valence-corrected chi connectivity index (χ3v) is 1.13. The molecule has 0 aromatic heterocycles. The fourth-order valence-electron chi connectivity index (χ4n) is 0.620. The zero-order valence-electron chi connectivity index (χ0n) is 5.78. The van der Waals surface area contributed by atoms with Crippen molar-refractivity contribution in [2.75, 3.05) is 6.67 Å². The highest BCUT2D eigenvalue weighted by molar-refractivity contribution is 4.80. The maximum Gasteiger partial charge on any atom is 0.108 e. The van der Waals surface area contributed by atoms with Crippen molar-refractivity contribution in [3.05, 3.63) is 19.1 Å². The lowest BCUT2D eigenvalue weighted by atomic mass is 10.2. The normalized spacial score (nSPS) is 10.9. The van der Waals surface area contributed by atoms with E-state index in [0.29, 0.717) is 0 Å². The molecule has 0 aliphatic rings. The first-order valence-corrected chi connectivity index (χ1v) is 3.42. The third-order valence-electron chi connectivity index (χ3n) is 1.13. The van der Waals surface area contributed by atoms with Gasteiger partial charge in [0.15, 0.2) is 0 Å². The molecule has 0 spiro atoms. The molecule has 0 amide bonds. The molecule has 0 rings (SSSR count). The van der Waals surface area contributed by atoms with E-state index in [4.69, 9.17) is 0 Å². The maximum absolute atomic E-state index is 11.4. The SMILES string of the molecule is [CH2]CCCCC=CCF. The van der Waals surface area contributed by atoms with Crippen molar-refractivity contribution < 1.29 is 4.39 Å². The van der Waals surface area contributed by atoms with Crippen molar-refractivity contribution >= 4 is 0 Å². The van der Waals surface area contributed by atoms with Crippen LogP contribution in [0.25, 0.3) is 0 Å². The van der Waals surface area contributed by atoms with Crippen LogP contribution in [0.4, 0.5) is 4.39 Å². The molecule has 0 N–H and O–H groups in total. The van der Waals surface area contributed by atoms with E-state index in [-0.39, 0.29) is 6.67 Å². The summed E-state index contributed by atoms with van der Waals surface area (Å²) in [5.74, 6) is 0. The summed E-state index contributed by atoms with van der Waals surface area (Å²) in [6, 6.07) is 0. The first-order valence-electron chi connectivity index (χ1n) is 3.42. The van der Waals surface area contributed by atoms with E-state index in [1.807, 2.05) is 6.08 Å². The van der Waals surface area contributed by atoms with Crippen molar-refractivity contribution in [1.29, 1.82) is 0 Å². The summed E-state index contributed by atoms with van der Waals surface area (Å²) in [6.45, 7) is 3.38. The second kappa shape index (κ2) is 7.67. The Morgan fingerprint density at radius 2 is 2.00 bits per heavy atom. The van der Waals surface area contributed by atoms with E-state index in [0.717, 1.165) is 25.7 Å². The van der Waals surface area contributed by atoms with E-state index >= 15 is 0 Å². The second-order valence-electron chi connectivity index (χ2n) is 1.98. The number of allylic oxidation sites excluding steroid dienone is 2. The summed E-state index contributed by atoms with van der Waals surface area (Å²) in [4.78, 5) is 0. The fraction of sp³-hybridized carbons (Fsp3) is 0.625. The molecular weight excluding hydrogens is 115 g/mol. The molecule has 0 aromatic carbocycles. The monoisotopic (exact) mass is 129 g/mol. The van der Waals surface area contributed by atoms with Crippen LogP contribution >= 0.6 is 0 Å². The summed E-state index contributed by atoms with van der Waals surface area (Å²) in [5, 5.41) is 0. The van der Waals surface area contributed by atoms with Crippen LogP contribution in [0.15, 0.2) is 12.2 Å². The van der Waals surface area contributed by atoms with Crippen molar-refractivity contribution in [2.45, 2.75) is 25.7 Å². The number of hydrogen-bond donors (Lipinski definition) is 0. The summed E-state index contributed by atoms with van der Waals surface area (Å²) in [5.41, 5.74) is 0.